The molecule has 0 fully saturated rings. The summed E-state index contributed by atoms with van der Waals surface area (Å²) in [6, 6.07) is 18.4. The Hall–Kier alpha value is -3.88. The molecule has 41 heavy (non-hydrogen) atoms. The fourth-order valence-corrected chi connectivity index (χ4v) is 3.71. The lowest BCUT2D eigenvalue weighted by molar-refractivity contribution is 0.0718. The predicted octanol–water partition coefficient (Wildman–Crippen LogP) is 6.82. The van der Waals surface area contributed by atoms with Crippen molar-refractivity contribution in [3.8, 4) is 23.0 Å². The Bertz CT molecular complexity index is 1200. The molecule has 0 radical (unpaired) electrons. The largest absolute Gasteiger partial charge is 0.494 e. The molecule has 0 atom stereocenters. The zero-order valence-corrected chi connectivity index (χ0v) is 24.2. The molecular formula is C33H40O8. The van der Waals surface area contributed by atoms with E-state index < -0.39 is 11.9 Å². The normalized spacial score (nSPS) is 10.7. The van der Waals surface area contributed by atoms with E-state index in [1.165, 1.54) is 0 Å². The second-order valence-electron chi connectivity index (χ2n) is 9.38. The van der Waals surface area contributed by atoms with Gasteiger partial charge in [-0.3, -0.25) is 0 Å². The number of unbranched alkanes of at least 4 members (excludes halogenated alkanes) is 1. The van der Waals surface area contributed by atoms with E-state index in [1.807, 2.05) is 0 Å². The maximum atomic E-state index is 12.7. The second-order valence-corrected chi connectivity index (χ2v) is 9.38. The molecule has 0 aromatic heterocycles. The summed E-state index contributed by atoms with van der Waals surface area (Å²) in [4.78, 5) is 25.3. The average molecular weight is 565 g/mol. The van der Waals surface area contributed by atoms with Gasteiger partial charge >= 0.3 is 11.9 Å². The van der Waals surface area contributed by atoms with Crippen LogP contribution < -0.4 is 18.9 Å². The molecule has 0 aliphatic rings. The standard InChI is InChI=1S/C33H40O8/c1-4-18-36-20-6-7-21-38-28-12-10-27(11-13-28)33(35)41-31-17-16-30(24-25(31)3)40-32(34)26-8-14-29(15-9-26)39-23-22-37-19-5-2/h8-17,24H,4-7,18-23H2,1-3H3. The third kappa shape index (κ3) is 11.3. The third-order valence-corrected chi connectivity index (χ3v) is 5.88. The van der Waals surface area contributed by atoms with Crippen LogP contribution in [-0.4, -0.2) is 51.6 Å². The number of carbonyl (C=O) groups is 2. The van der Waals surface area contributed by atoms with Crippen LogP contribution in [0.5, 0.6) is 23.0 Å². The lowest BCUT2D eigenvalue weighted by Crippen LogP contribution is -2.11. The summed E-state index contributed by atoms with van der Waals surface area (Å²) in [6.45, 7) is 9.69. The van der Waals surface area contributed by atoms with Crippen molar-refractivity contribution in [3.05, 3.63) is 83.4 Å². The number of rotatable bonds is 18. The molecule has 8 heteroatoms. The molecule has 0 aliphatic carbocycles. The Morgan fingerprint density at radius 1 is 0.561 bits per heavy atom. The molecule has 3 rings (SSSR count). The van der Waals surface area contributed by atoms with E-state index in [9.17, 15) is 9.59 Å². The zero-order chi connectivity index (χ0) is 29.3. The second kappa shape index (κ2) is 17.7. The highest BCUT2D eigenvalue weighted by Crippen LogP contribution is 2.25. The van der Waals surface area contributed by atoms with Crippen LogP contribution >= 0.6 is 0 Å². The van der Waals surface area contributed by atoms with Gasteiger partial charge in [0.05, 0.1) is 24.3 Å². The van der Waals surface area contributed by atoms with Gasteiger partial charge in [-0.25, -0.2) is 9.59 Å². The van der Waals surface area contributed by atoms with Crippen molar-refractivity contribution in [2.45, 2.75) is 46.5 Å². The van der Waals surface area contributed by atoms with Gasteiger partial charge in [-0.2, -0.15) is 0 Å². The average Bonchev–Trinajstić information content (AvgIpc) is 2.98. The van der Waals surface area contributed by atoms with E-state index >= 15 is 0 Å². The Morgan fingerprint density at radius 2 is 1.07 bits per heavy atom. The molecule has 8 nitrogen and oxygen atoms in total. The molecule has 0 heterocycles. The molecule has 0 spiro atoms. The minimum atomic E-state index is -0.501. The van der Waals surface area contributed by atoms with Crippen molar-refractivity contribution in [2.75, 3.05) is 39.6 Å². The molecule has 0 bridgehead atoms. The van der Waals surface area contributed by atoms with Gasteiger partial charge in [-0.1, -0.05) is 13.8 Å². The Morgan fingerprint density at radius 3 is 1.66 bits per heavy atom. The van der Waals surface area contributed by atoms with Crippen molar-refractivity contribution < 1.29 is 38.0 Å². The number of hydrogen-bond donors (Lipinski definition) is 0. The van der Waals surface area contributed by atoms with E-state index in [-0.39, 0.29) is 0 Å². The van der Waals surface area contributed by atoms with E-state index in [2.05, 4.69) is 13.8 Å². The van der Waals surface area contributed by atoms with Gasteiger partial charge in [0, 0.05) is 19.8 Å². The van der Waals surface area contributed by atoms with Crippen molar-refractivity contribution in [3.63, 3.8) is 0 Å². The number of carbonyl (C=O) groups excluding carboxylic acids is 2. The summed E-state index contributed by atoms with van der Waals surface area (Å²) in [5.41, 5.74) is 1.45. The number of aryl methyl sites for hydroxylation is 1. The van der Waals surface area contributed by atoms with Crippen LogP contribution in [0.25, 0.3) is 0 Å². The Balaban J connectivity index is 1.45. The van der Waals surface area contributed by atoms with Gasteiger partial charge < -0.3 is 28.4 Å². The molecule has 0 aliphatic heterocycles. The highest BCUT2D eigenvalue weighted by Gasteiger charge is 2.14. The molecule has 0 saturated heterocycles. The van der Waals surface area contributed by atoms with Crippen molar-refractivity contribution in [2.24, 2.45) is 0 Å². The quantitative estimate of drug-likeness (QED) is 0.0944. The summed E-state index contributed by atoms with van der Waals surface area (Å²) in [7, 11) is 0. The topological polar surface area (TPSA) is 89.5 Å². The minimum absolute atomic E-state index is 0.346. The lowest BCUT2D eigenvalue weighted by atomic mass is 10.2. The van der Waals surface area contributed by atoms with Gasteiger partial charge in [0.25, 0.3) is 0 Å². The first-order valence-electron chi connectivity index (χ1n) is 14.2. The first-order valence-corrected chi connectivity index (χ1v) is 14.2. The minimum Gasteiger partial charge on any atom is -0.494 e. The molecule has 0 saturated carbocycles. The number of esters is 2. The van der Waals surface area contributed by atoms with Crippen LogP contribution in [0, 0.1) is 6.92 Å². The fraction of sp³-hybridized carbons (Fsp3) is 0.394. The van der Waals surface area contributed by atoms with Crippen LogP contribution in [0.15, 0.2) is 66.7 Å². The fourth-order valence-electron chi connectivity index (χ4n) is 3.71. The summed E-state index contributed by atoms with van der Waals surface area (Å²) < 4.78 is 33.3. The molecule has 0 unspecified atom stereocenters. The Kier molecular flexibility index (Phi) is 13.7. The van der Waals surface area contributed by atoms with E-state index in [4.69, 9.17) is 28.4 Å². The molecule has 0 amide bonds. The maximum absolute atomic E-state index is 12.7. The van der Waals surface area contributed by atoms with Crippen molar-refractivity contribution >= 4 is 11.9 Å². The van der Waals surface area contributed by atoms with Crippen molar-refractivity contribution in [1.82, 2.24) is 0 Å². The highest BCUT2D eigenvalue weighted by molar-refractivity contribution is 5.92. The first kappa shape index (κ1) is 31.6. The molecule has 3 aromatic rings. The summed E-state index contributed by atoms with van der Waals surface area (Å²) in [5.74, 6) is 1.08. The Labute approximate surface area is 242 Å². The number of hydrogen-bond acceptors (Lipinski definition) is 8. The van der Waals surface area contributed by atoms with E-state index in [0.717, 1.165) is 38.9 Å². The smallest absolute Gasteiger partial charge is 0.343 e. The van der Waals surface area contributed by atoms with Gasteiger partial charge in [0.2, 0.25) is 0 Å². The van der Waals surface area contributed by atoms with Crippen LogP contribution in [0.1, 0.15) is 65.8 Å². The SMILES string of the molecule is CCCOCCCCOc1ccc(C(=O)Oc2ccc(OC(=O)c3ccc(OCCOCCC)cc3)cc2C)cc1. The van der Waals surface area contributed by atoms with Gasteiger partial charge in [-0.05, 0) is 105 Å². The van der Waals surface area contributed by atoms with Gasteiger partial charge in [-0.15, -0.1) is 0 Å². The molecule has 220 valence electrons. The monoisotopic (exact) mass is 564 g/mol. The summed E-state index contributed by atoms with van der Waals surface area (Å²) >= 11 is 0. The van der Waals surface area contributed by atoms with Crippen LogP contribution in [-0.2, 0) is 9.47 Å². The zero-order valence-electron chi connectivity index (χ0n) is 24.2. The van der Waals surface area contributed by atoms with E-state index in [1.54, 1.807) is 73.7 Å². The van der Waals surface area contributed by atoms with Crippen LogP contribution in [0.4, 0.5) is 0 Å². The summed E-state index contributed by atoms with van der Waals surface area (Å²) in [6.07, 6.45) is 3.83. The number of ether oxygens (including phenoxy) is 6. The summed E-state index contributed by atoms with van der Waals surface area (Å²) in [5, 5.41) is 0. The van der Waals surface area contributed by atoms with Crippen molar-refractivity contribution in [1.29, 1.82) is 0 Å². The van der Waals surface area contributed by atoms with E-state index in [0.29, 0.717) is 66.1 Å². The first-order chi connectivity index (χ1) is 20.0. The molecule has 3 aromatic carbocycles. The van der Waals surface area contributed by atoms with Gasteiger partial charge in [0.15, 0.2) is 0 Å². The maximum Gasteiger partial charge on any atom is 0.343 e. The van der Waals surface area contributed by atoms with Crippen LogP contribution in [0.2, 0.25) is 0 Å². The predicted molar refractivity (Wildman–Crippen MR) is 156 cm³/mol. The molecular weight excluding hydrogens is 524 g/mol. The highest BCUT2D eigenvalue weighted by atomic mass is 16.5. The lowest BCUT2D eigenvalue weighted by Gasteiger charge is -2.11. The number of benzene rings is 3. The molecule has 0 N–H and O–H groups in total. The van der Waals surface area contributed by atoms with Crippen LogP contribution in [0.3, 0.4) is 0 Å². The third-order valence-electron chi connectivity index (χ3n) is 5.88. The van der Waals surface area contributed by atoms with Gasteiger partial charge in [0.1, 0.15) is 29.6 Å².